The fourth-order valence-corrected chi connectivity index (χ4v) is 3.23. The number of hydrogen-bond acceptors (Lipinski definition) is 3. The van der Waals surface area contributed by atoms with Crippen molar-refractivity contribution in [3.63, 3.8) is 0 Å². The lowest BCUT2D eigenvalue weighted by Crippen LogP contribution is -2.33. The van der Waals surface area contributed by atoms with E-state index in [9.17, 15) is 4.79 Å². The van der Waals surface area contributed by atoms with Crippen molar-refractivity contribution in [1.82, 2.24) is 4.90 Å². The Labute approximate surface area is 161 Å². The summed E-state index contributed by atoms with van der Waals surface area (Å²) in [6, 6.07) is 16.2. The quantitative estimate of drug-likeness (QED) is 0.823. The third kappa shape index (κ3) is 4.59. The number of ether oxygens (including phenoxy) is 1. The second kappa shape index (κ2) is 8.58. The summed E-state index contributed by atoms with van der Waals surface area (Å²) in [6.07, 6.45) is 2.93. The van der Waals surface area contributed by atoms with Crippen LogP contribution in [0.25, 0.3) is 5.57 Å². The minimum atomic E-state index is 0.117. The first kappa shape index (κ1) is 18.8. The lowest BCUT2D eigenvalue weighted by atomic mass is 9.93. The Morgan fingerprint density at radius 1 is 1.22 bits per heavy atom. The number of hydrogen-bond donors (Lipinski definition) is 1. The number of amides is 1. The molecule has 1 amide bonds. The predicted octanol–water partition coefficient (Wildman–Crippen LogP) is 4.50. The van der Waals surface area contributed by atoms with Crippen LogP contribution in [0.4, 0.5) is 5.69 Å². The minimum Gasteiger partial charge on any atom is -0.489 e. The van der Waals surface area contributed by atoms with E-state index in [0.717, 1.165) is 41.1 Å². The average Bonchev–Trinajstić information content (AvgIpc) is 2.72. The highest BCUT2D eigenvalue weighted by molar-refractivity contribution is 5.85. The summed E-state index contributed by atoms with van der Waals surface area (Å²) in [5.41, 5.74) is 5.38. The van der Waals surface area contributed by atoms with Gasteiger partial charge in [-0.3, -0.25) is 4.79 Å². The van der Waals surface area contributed by atoms with Gasteiger partial charge < -0.3 is 15.0 Å². The maximum atomic E-state index is 11.5. The van der Waals surface area contributed by atoms with Crippen LogP contribution >= 0.6 is 0 Å². The molecule has 1 aliphatic heterocycles. The van der Waals surface area contributed by atoms with Gasteiger partial charge in [0.15, 0.2) is 0 Å². The van der Waals surface area contributed by atoms with E-state index < -0.39 is 0 Å². The van der Waals surface area contributed by atoms with Crippen molar-refractivity contribution in [2.45, 2.75) is 20.0 Å². The van der Waals surface area contributed by atoms with Crippen molar-refractivity contribution in [1.29, 1.82) is 0 Å². The van der Waals surface area contributed by atoms with Crippen LogP contribution in [0.15, 0.2) is 66.8 Å². The molecule has 0 aliphatic carbocycles. The van der Waals surface area contributed by atoms with Gasteiger partial charge in [0.1, 0.15) is 12.4 Å². The number of anilines is 1. The molecular formula is C23H26N2O2. The fraction of sp³-hybridized carbons (Fsp3) is 0.261. The van der Waals surface area contributed by atoms with Gasteiger partial charge in [-0.1, -0.05) is 43.0 Å². The van der Waals surface area contributed by atoms with Crippen LogP contribution in [-0.4, -0.2) is 30.9 Å². The molecule has 3 rings (SSSR count). The number of carbonyl (C=O) groups is 1. The van der Waals surface area contributed by atoms with Crippen molar-refractivity contribution >= 4 is 17.2 Å². The maximum absolute atomic E-state index is 11.5. The second-order valence-electron chi connectivity index (χ2n) is 6.65. The SMILES string of the molecule is C=C(C1=CCN(C(C)=O)CC1)c1ccc(OCc2ccccc2)cc1NC. The van der Waals surface area contributed by atoms with Crippen LogP contribution < -0.4 is 10.1 Å². The molecule has 2 aromatic rings. The summed E-state index contributed by atoms with van der Waals surface area (Å²) < 4.78 is 5.93. The highest BCUT2D eigenvalue weighted by atomic mass is 16.5. The third-order valence-corrected chi connectivity index (χ3v) is 4.88. The van der Waals surface area contributed by atoms with Gasteiger partial charge in [0.25, 0.3) is 0 Å². The zero-order valence-electron chi connectivity index (χ0n) is 16.0. The van der Waals surface area contributed by atoms with Crippen molar-refractivity contribution in [2.75, 3.05) is 25.5 Å². The summed E-state index contributed by atoms with van der Waals surface area (Å²) in [7, 11) is 1.90. The van der Waals surface area contributed by atoms with Gasteiger partial charge in [-0.2, -0.15) is 0 Å². The second-order valence-corrected chi connectivity index (χ2v) is 6.65. The molecule has 0 radical (unpaired) electrons. The molecule has 0 saturated heterocycles. The van der Waals surface area contributed by atoms with E-state index in [0.29, 0.717) is 13.2 Å². The van der Waals surface area contributed by atoms with Crippen LogP contribution in [0.2, 0.25) is 0 Å². The molecule has 0 unspecified atom stereocenters. The van der Waals surface area contributed by atoms with Gasteiger partial charge >= 0.3 is 0 Å². The van der Waals surface area contributed by atoms with Crippen LogP contribution in [0.1, 0.15) is 24.5 Å². The zero-order chi connectivity index (χ0) is 19.2. The number of benzene rings is 2. The smallest absolute Gasteiger partial charge is 0.219 e. The fourth-order valence-electron chi connectivity index (χ4n) is 3.23. The number of rotatable bonds is 6. The van der Waals surface area contributed by atoms with Gasteiger partial charge in [0.05, 0.1) is 0 Å². The van der Waals surface area contributed by atoms with E-state index in [1.807, 2.05) is 48.3 Å². The zero-order valence-corrected chi connectivity index (χ0v) is 16.0. The molecule has 0 bridgehead atoms. The summed E-state index contributed by atoms with van der Waals surface area (Å²) in [4.78, 5) is 13.3. The number of nitrogens with one attached hydrogen (secondary N) is 1. The molecule has 0 spiro atoms. The number of nitrogens with zero attached hydrogens (tertiary/aromatic N) is 1. The molecule has 0 fully saturated rings. The van der Waals surface area contributed by atoms with E-state index in [2.05, 4.69) is 30.1 Å². The number of allylic oxidation sites excluding steroid dienone is 1. The summed E-state index contributed by atoms with van der Waals surface area (Å²) in [6.45, 7) is 7.84. The Balaban J connectivity index is 1.72. The van der Waals surface area contributed by atoms with Crippen molar-refractivity contribution < 1.29 is 9.53 Å². The minimum absolute atomic E-state index is 0.117. The van der Waals surface area contributed by atoms with Gasteiger partial charge in [-0.25, -0.2) is 0 Å². The Bertz CT molecular complexity index is 856. The largest absolute Gasteiger partial charge is 0.489 e. The standard InChI is InChI=1S/C23H26N2O2/c1-17(20-11-13-25(14-12-20)18(2)26)22-10-9-21(15-23(22)24-3)27-16-19-7-5-4-6-8-19/h4-11,15,24H,1,12-14,16H2,2-3H3. The first-order chi connectivity index (χ1) is 13.1. The molecule has 0 atom stereocenters. The van der Waals surface area contributed by atoms with E-state index in [4.69, 9.17) is 4.74 Å². The van der Waals surface area contributed by atoms with Gasteiger partial charge in [-0.05, 0) is 35.3 Å². The molecule has 4 heteroatoms. The summed E-state index contributed by atoms with van der Waals surface area (Å²) in [5, 5.41) is 3.25. The highest BCUT2D eigenvalue weighted by Crippen LogP contribution is 2.33. The Morgan fingerprint density at radius 2 is 2.00 bits per heavy atom. The van der Waals surface area contributed by atoms with Crippen LogP contribution in [-0.2, 0) is 11.4 Å². The molecule has 1 heterocycles. The van der Waals surface area contributed by atoms with E-state index >= 15 is 0 Å². The lowest BCUT2D eigenvalue weighted by molar-refractivity contribution is -0.128. The van der Waals surface area contributed by atoms with E-state index in [1.165, 1.54) is 5.57 Å². The van der Waals surface area contributed by atoms with Crippen LogP contribution in [0.5, 0.6) is 5.75 Å². The molecular weight excluding hydrogens is 336 g/mol. The topological polar surface area (TPSA) is 41.6 Å². The Kier molecular flexibility index (Phi) is 5.97. The highest BCUT2D eigenvalue weighted by Gasteiger charge is 2.17. The van der Waals surface area contributed by atoms with Gasteiger partial charge in [-0.15, -0.1) is 0 Å². The summed E-state index contributed by atoms with van der Waals surface area (Å²) >= 11 is 0. The predicted molar refractivity (Wildman–Crippen MR) is 111 cm³/mol. The Hall–Kier alpha value is -3.01. The third-order valence-electron chi connectivity index (χ3n) is 4.88. The molecule has 4 nitrogen and oxygen atoms in total. The first-order valence-corrected chi connectivity index (χ1v) is 9.21. The van der Waals surface area contributed by atoms with Crippen LogP contribution in [0.3, 0.4) is 0 Å². The molecule has 2 aromatic carbocycles. The van der Waals surface area contributed by atoms with Crippen molar-refractivity contribution in [3.05, 3.63) is 77.9 Å². The van der Waals surface area contributed by atoms with Gasteiger partial charge in [0.2, 0.25) is 5.91 Å². The molecule has 1 aliphatic rings. The Morgan fingerprint density at radius 3 is 2.63 bits per heavy atom. The summed E-state index contributed by atoms with van der Waals surface area (Å²) in [5.74, 6) is 0.937. The monoisotopic (exact) mass is 362 g/mol. The molecule has 27 heavy (non-hydrogen) atoms. The molecule has 0 saturated carbocycles. The maximum Gasteiger partial charge on any atom is 0.219 e. The molecule has 1 N–H and O–H groups in total. The normalized spacial score (nSPS) is 13.7. The van der Waals surface area contributed by atoms with Gasteiger partial charge in [0, 0.05) is 44.4 Å². The number of carbonyl (C=O) groups excluding carboxylic acids is 1. The molecule has 140 valence electrons. The lowest BCUT2D eigenvalue weighted by Gasteiger charge is -2.26. The van der Waals surface area contributed by atoms with E-state index in [1.54, 1.807) is 6.92 Å². The van der Waals surface area contributed by atoms with E-state index in [-0.39, 0.29) is 5.91 Å². The van der Waals surface area contributed by atoms with Crippen molar-refractivity contribution in [3.8, 4) is 5.75 Å². The molecule has 0 aromatic heterocycles. The first-order valence-electron chi connectivity index (χ1n) is 9.21. The van der Waals surface area contributed by atoms with Crippen molar-refractivity contribution in [2.24, 2.45) is 0 Å². The van der Waals surface area contributed by atoms with Crippen LogP contribution in [0, 0.1) is 0 Å². The average molecular weight is 362 g/mol.